The molecule has 1 nitrogen and oxygen atoms in total. The van der Waals surface area contributed by atoms with E-state index < -0.39 is 30.2 Å². The summed E-state index contributed by atoms with van der Waals surface area (Å²) in [6.45, 7) is 3.64. The highest BCUT2D eigenvalue weighted by molar-refractivity contribution is 4.92. The minimum absolute atomic E-state index is 0.0982. The molecule has 21 heavy (non-hydrogen) atoms. The lowest BCUT2D eigenvalue weighted by Crippen LogP contribution is -2.54. The fourth-order valence-electron chi connectivity index (χ4n) is 3.34. The highest BCUT2D eigenvalue weighted by atomic mass is 19.4. The molecule has 1 saturated carbocycles. The van der Waals surface area contributed by atoms with Gasteiger partial charge in [-0.1, -0.05) is 33.1 Å². The van der Waals surface area contributed by atoms with Crippen LogP contribution in [0.2, 0.25) is 0 Å². The second-order valence-corrected chi connectivity index (χ2v) is 5.83. The molecule has 126 valence electrons. The molecule has 1 aliphatic rings. The maximum atomic E-state index is 12.9. The van der Waals surface area contributed by atoms with Gasteiger partial charge in [-0.05, 0) is 31.2 Å². The Kier molecular flexibility index (Phi) is 6.37. The summed E-state index contributed by atoms with van der Waals surface area (Å²) in [6.07, 6.45) is -7.32. The molecule has 0 saturated heterocycles. The molecule has 1 N–H and O–H groups in total. The average molecular weight is 319 g/mol. The Labute approximate surface area is 121 Å². The summed E-state index contributed by atoms with van der Waals surface area (Å²) < 4.78 is 77.6. The van der Waals surface area contributed by atoms with E-state index in [1.165, 1.54) is 6.92 Å². The van der Waals surface area contributed by atoms with E-state index in [-0.39, 0.29) is 6.54 Å². The summed E-state index contributed by atoms with van der Waals surface area (Å²) in [7, 11) is 0. The lowest BCUT2D eigenvalue weighted by atomic mass is 9.74. The van der Waals surface area contributed by atoms with Gasteiger partial charge < -0.3 is 5.32 Å². The van der Waals surface area contributed by atoms with Crippen molar-refractivity contribution in [1.82, 2.24) is 5.32 Å². The van der Waals surface area contributed by atoms with Crippen LogP contribution in [-0.4, -0.2) is 24.9 Å². The zero-order valence-corrected chi connectivity index (χ0v) is 12.3. The molecular formula is C14H23F6N. The molecule has 0 aromatic heterocycles. The van der Waals surface area contributed by atoms with E-state index in [1.54, 1.807) is 0 Å². The van der Waals surface area contributed by atoms with Crippen molar-refractivity contribution in [2.45, 2.75) is 64.3 Å². The smallest absolute Gasteiger partial charge is 0.313 e. The SMILES string of the molecule is CCNC(C1CCC(CC)CC1)C(C(F)(F)F)C(F)(F)F. The van der Waals surface area contributed by atoms with Gasteiger partial charge in [0.2, 0.25) is 0 Å². The van der Waals surface area contributed by atoms with Crippen molar-refractivity contribution < 1.29 is 26.3 Å². The number of alkyl halides is 6. The van der Waals surface area contributed by atoms with Crippen molar-refractivity contribution in [3.05, 3.63) is 0 Å². The molecule has 0 aromatic carbocycles. The Morgan fingerprint density at radius 2 is 1.38 bits per heavy atom. The van der Waals surface area contributed by atoms with E-state index in [1.807, 2.05) is 6.92 Å². The van der Waals surface area contributed by atoms with Gasteiger partial charge >= 0.3 is 12.4 Å². The van der Waals surface area contributed by atoms with E-state index in [0.29, 0.717) is 31.6 Å². The largest absolute Gasteiger partial charge is 0.402 e. The molecule has 0 aliphatic heterocycles. The van der Waals surface area contributed by atoms with Gasteiger partial charge in [0.15, 0.2) is 5.92 Å². The zero-order chi connectivity index (χ0) is 16.3. The molecule has 1 atom stereocenters. The second kappa shape index (κ2) is 7.20. The molecule has 0 aromatic rings. The summed E-state index contributed by atoms with van der Waals surface area (Å²) in [5, 5.41) is 2.46. The Hall–Kier alpha value is -0.460. The quantitative estimate of drug-likeness (QED) is 0.709. The Morgan fingerprint density at radius 3 is 1.71 bits per heavy atom. The lowest BCUT2D eigenvalue weighted by Gasteiger charge is -2.39. The number of hydrogen-bond donors (Lipinski definition) is 1. The first-order chi connectivity index (χ1) is 9.61. The van der Waals surface area contributed by atoms with Gasteiger partial charge in [0, 0.05) is 6.04 Å². The molecular weight excluding hydrogens is 296 g/mol. The van der Waals surface area contributed by atoms with Crippen molar-refractivity contribution >= 4 is 0 Å². The van der Waals surface area contributed by atoms with E-state index in [0.717, 1.165) is 6.42 Å². The third-order valence-corrected chi connectivity index (χ3v) is 4.48. The van der Waals surface area contributed by atoms with Crippen molar-refractivity contribution in [3.63, 3.8) is 0 Å². The van der Waals surface area contributed by atoms with Gasteiger partial charge in [0.1, 0.15) is 0 Å². The summed E-state index contributed by atoms with van der Waals surface area (Å²) >= 11 is 0. The predicted octanol–water partition coefficient (Wildman–Crippen LogP) is 4.92. The molecule has 0 bridgehead atoms. The minimum atomic E-state index is -5.27. The van der Waals surface area contributed by atoms with E-state index in [2.05, 4.69) is 5.32 Å². The monoisotopic (exact) mass is 319 g/mol. The summed E-state index contributed by atoms with van der Waals surface area (Å²) in [6, 6.07) is -1.58. The summed E-state index contributed by atoms with van der Waals surface area (Å²) in [5.74, 6) is -3.42. The van der Waals surface area contributed by atoms with Gasteiger partial charge in [-0.15, -0.1) is 0 Å². The number of halogens is 6. The molecule has 1 fully saturated rings. The topological polar surface area (TPSA) is 12.0 Å². The molecule has 0 spiro atoms. The average Bonchev–Trinajstić information content (AvgIpc) is 2.35. The number of nitrogens with one attached hydrogen (secondary N) is 1. The fraction of sp³-hybridized carbons (Fsp3) is 1.00. The van der Waals surface area contributed by atoms with Crippen LogP contribution >= 0.6 is 0 Å². The highest BCUT2D eigenvalue weighted by Gasteiger charge is 2.61. The van der Waals surface area contributed by atoms with Gasteiger partial charge in [-0.3, -0.25) is 0 Å². The molecule has 1 aliphatic carbocycles. The number of hydrogen-bond acceptors (Lipinski definition) is 1. The van der Waals surface area contributed by atoms with Crippen LogP contribution in [0, 0.1) is 17.8 Å². The van der Waals surface area contributed by atoms with Crippen molar-refractivity contribution in [2.24, 2.45) is 17.8 Å². The first-order valence-electron chi connectivity index (χ1n) is 7.48. The van der Waals surface area contributed by atoms with Crippen LogP contribution in [0.15, 0.2) is 0 Å². The Balaban J connectivity index is 2.93. The maximum Gasteiger partial charge on any atom is 0.402 e. The third-order valence-electron chi connectivity index (χ3n) is 4.48. The normalized spacial score (nSPS) is 26.1. The van der Waals surface area contributed by atoms with Crippen LogP contribution in [0.5, 0.6) is 0 Å². The van der Waals surface area contributed by atoms with E-state index >= 15 is 0 Å². The van der Waals surface area contributed by atoms with Crippen LogP contribution in [0.1, 0.15) is 46.0 Å². The van der Waals surface area contributed by atoms with Crippen molar-refractivity contribution in [3.8, 4) is 0 Å². The molecule has 1 unspecified atom stereocenters. The second-order valence-electron chi connectivity index (χ2n) is 5.83. The molecule has 1 rings (SSSR count). The molecule has 0 heterocycles. The first kappa shape index (κ1) is 18.6. The molecule has 7 heteroatoms. The van der Waals surface area contributed by atoms with Gasteiger partial charge in [0.25, 0.3) is 0 Å². The van der Waals surface area contributed by atoms with Crippen LogP contribution in [0.3, 0.4) is 0 Å². The highest BCUT2D eigenvalue weighted by Crippen LogP contribution is 2.46. The van der Waals surface area contributed by atoms with Crippen molar-refractivity contribution in [1.29, 1.82) is 0 Å². The van der Waals surface area contributed by atoms with E-state index in [4.69, 9.17) is 0 Å². The minimum Gasteiger partial charge on any atom is -0.313 e. The predicted molar refractivity (Wildman–Crippen MR) is 68.8 cm³/mol. The van der Waals surface area contributed by atoms with Crippen LogP contribution < -0.4 is 5.32 Å². The van der Waals surface area contributed by atoms with Gasteiger partial charge in [0.05, 0.1) is 0 Å². The van der Waals surface area contributed by atoms with Crippen LogP contribution in [0.4, 0.5) is 26.3 Å². The maximum absolute atomic E-state index is 12.9. The third kappa shape index (κ3) is 5.04. The standard InChI is InChI=1S/C14H23F6N/c1-3-9-5-7-10(8-6-9)11(21-4-2)12(13(15,16)17)14(18,19)20/h9-12,21H,3-8H2,1-2H3. The van der Waals surface area contributed by atoms with Crippen LogP contribution in [0.25, 0.3) is 0 Å². The van der Waals surface area contributed by atoms with Gasteiger partial charge in [-0.2, -0.15) is 26.3 Å². The van der Waals surface area contributed by atoms with Crippen molar-refractivity contribution in [2.75, 3.05) is 6.54 Å². The first-order valence-corrected chi connectivity index (χ1v) is 7.48. The molecule has 0 amide bonds. The molecule has 0 radical (unpaired) electrons. The Bertz CT molecular complexity index is 290. The Morgan fingerprint density at radius 1 is 0.905 bits per heavy atom. The zero-order valence-electron chi connectivity index (χ0n) is 12.3. The van der Waals surface area contributed by atoms with E-state index in [9.17, 15) is 26.3 Å². The number of rotatable bonds is 5. The lowest BCUT2D eigenvalue weighted by molar-refractivity contribution is -0.295. The fourth-order valence-corrected chi connectivity index (χ4v) is 3.34. The summed E-state index contributed by atoms with van der Waals surface area (Å²) in [5.41, 5.74) is 0. The van der Waals surface area contributed by atoms with Gasteiger partial charge in [-0.25, -0.2) is 0 Å². The van der Waals surface area contributed by atoms with Crippen LogP contribution in [-0.2, 0) is 0 Å². The summed E-state index contributed by atoms with van der Waals surface area (Å²) in [4.78, 5) is 0.